The van der Waals surface area contributed by atoms with Gasteiger partial charge < -0.3 is 23.1 Å². The molecule has 0 aromatic carbocycles. The molecule has 0 aromatic heterocycles. The summed E-state index contributed by atoms with van der Waals surface area (Å²) in [6.45, 7) is 6.60. The first-order valence-electron chi connectivity index (χ1n) is 5.90. The van der Waals surface area contributed by atoms with Crippen LogP contribution in [0.25, 0.3) is 0 Å². The number of hydrogen-bond donors (Lipinski definition) is 1. The highest BCUT2D eigenvalue weighted by molar-refractivity contribution is 6.60. The highest BCUT2D eigenvalue weighted by Gasteiger charge is 2.36. The standard InChI is InChI=1S/C10H23ClO5Si/c1-3-13-6-8-15-17(12,10-5-11)16-9-7-14-4-2/h12H,3-10H2,1-2H3. The fraction of sp³-hybridized carbons (Fsp3) is 1.00. The number of halogens is 1. The van der Waals surface area contributed by atoms with Gasteiger partial charge in [-0.3, -0.25) is 0 Å². The zero-order chi connectivity index (χ0) is 13.0. The summed E-state index contributed by atoms with van der Waals surface area (Å²) < 4.78 is 21.0. The zero-order valence-corrected chi connectivity index (χ0v) is 12.4. The van der Waals surface area contributed by atoms with Crippen LogP contribution >= 0.6 is 11.6 Å². The van der Waals surface area contributed by atoms with Crippen LogP contribution < -0.4 is 0 Å². The molecule has 0 saturated carbocycles. The lowest BCUT2D eigenvalue weighted by Gasteiger charge is -2.23. The predicted molar refractivity (Wildman–Crippen MR) is 68.4 cm³/mol. The van der Waals surface area contributed by atoms with Gasteiger partial charge in [0.25, 0.3) is 0 Å². The minimum absolute atomic E-state index is 0.312. The van der Waals surface area contributed by atoms with Crippen molar-refractivity contribution in [2.75, 3.05) is 45.5 Å². The van der Waals surface area contributed by atoms with Crippen LogP contribution in [0.4, 0.5) is 0 Å². The number of alkyl halides is 1. The third kappa shape index (κ3) is 9.96. The molecule has 0 heterocycles. The topological polar surface area (TPSA) is 57.2 Å². The second-order valence-corrected chi connectivity index (χ2v) is 6.12. The third-order valence-electron chi connectivity index (χ3n) is 1.93. The molecule has 0 saturated heterocycles. The van der Waals surface area contributed by atoms with Gasteiger partial charge >= 0.3 is 8.80 Å². The normalized spacial score (nSPS) is 12.0. The molecule has 104 valence electrons. The van der Waals surface area contributed by atoms with E-state index in [-0.39, 0.29) is 0 Å². The minimum atomic E-state index is -3.14. The Morgan fingerprint density at radius 3 is 1.76 bits per heavy atom. The Morgan fingerprint density at radius 2 is 1.41 bits per heavy atom. The quantitative estimate of drug-likeness (QED) is 0.333. The molecular formula is C10H23ClO5Si. The van der Waals surface area contributed by atoms with Gasteiger partial charge in [0.2, 0.25) is 0 Å². The van der Waals surface area contributed by atoms with E-state index in [0.717, 1.165) is 0 Å². The van der Waals surface area contributed by atoms with Crippen LogP contribution in [0.2, 0.25) is 6.04 Å². The van der Waals surface area contributed by atoms with Crippen LogP contribution in [0.1, 0.15) is 13.8 Å². The Kier molecular flexibility index (Phi) is 11.6. The van der Waals surface area contributed by atoms with Gasteiger partial charge in [-0.15, -0.1) is 11.6 Å². The molecule has 0 unspecified atom stereocenters. The summed E-state index contributed by atoms with van der Waals surface area (Å²) in [5.74, 6) is 0.312. The van der Waals surface area contributed by atoms with Gasteiger partial charge in [0.1, 0.15) is 0 Å². The number of rotatable bonds is 12. The Bertz CT molecular complexity index is 161. The van der Waals surface area contributed by atoms with Crippen molar-refractivity contribution in [2.24, 2.45) is 0 Å². The molecule has 0 aromatic rings. The van der Waals surface area contributed by atoms with Gasteiger partial charge in [-0.25, -0.2) is 0 Å². The lowest BCUT2D eigenvalue weighted by molar-refractivity contribution is 0.0352. The van der Waals surface area contributed by atoms with Gasteiger partial charge in [-0.2, -0.15) is 0 Å². The molecule has 1 N–H and O–H groups in total. The number of hydrogen-bond acceptors (Lipinski definition) is 5. The summed E-state index contributed by atoms with van der Waals surface area (Å²) >= 11 is 5.62. The summed E-state index contributed by atoms with van der Waals surface area (Å²) in [6.07, 6.45) is 0. The van der Waals surface area contributed by atoms with Crippen LogP contribution in [0.3, 0.4) is 0 Å². The maximum atomic E-state index is 10.1. The number of ether oxygens (including phenoxy) is 2. The third-order valence-corrected chi connectivity index (χ3v) is 4.63. The van der Waals surface area contributed by atoms with Crippen molar-refractivity contribution in [1.29, 1.82) is 0 Å². The Morgan fingerprint density at radius 1 is 0.941 bits per heavy atom. The highest BCUT2D eigenvalue weighted by Crippen LogP contribution is 2.11. The second kappa shape index (κ2) is 11.4. The summed E-state index contributed by atoms with van der Waals surface area (Å²) in [5, 5.41) is 0. The van der Waals surface area contributed by atoms with Crippen molar-refractivity contribution in [3.05, 3.63) is 0 Å². The van der Waals surface area contributed by atoms with Crippen LogP contribution in [0.15, 0.2) is 0 Å². The fourth-order valence-corrected chi connectivity index (χ4v) is 3.25. The monoisotopic (exact) mass is 286 g/mol. The van der Waals surface area contributed by atoms with E-state index in [4.69, 9.17) is 29.9 Å². The molecular weight excluding hydrogens is 264 g/mol. The average molecular weight is 287 g/mol. The molecule has 0 aliphatic carbocycles. The summed E-state index contributed by atoms with van der Waals surface area (Å²) in [4.78, 5) is 10.1. The van der Waals surface area contributed by atoms with Crippen LogP contribution in [0, 0.1) is 0 Å². The van der Waals surface area contributed by atoms with Crippen molar-refractivity contribution in [3.63, 3.8) is 0 Å². The highest BCUT2D eigenvalue weighted by atomic mass is 35.5. The molecule has 7 heteroatoms. The van der Waals surface area contributed by atoms with Gasteiger partial charge in [0.05, 0.1) is 26.4 Å². The van der Waals surface area contributed by atoms with Crippen LogP contribution in [-0.4, -0.2) is 59.1 Å². The molecule has 0 radical (unpaired) electrons. The van der Waals surface area contributed by atoms with E-state index in [9.17, 15) is 4.80 Å². The van der Waals surface area contributed by atoms with E-state index in [1.54, 1.807) is 0 Å². The summed E-state index contributed by atoms with van der Waals surface area (Å²) in [7, 11) is -3.14. The van der Waals surface area contributed by atoms with Crippen molar-refractivity contribution in [2.45, 2.75) is 19.9 Å². The molecule has 0 bridgehead atoms. The Hall–Kier alpha value is 0.307. The molecule has 17 heavy (non-hydrogen) atoms. The minimum Gasteiger partial charge on any atom is -0.390 e. The fourth-order valence-electron chi connectivity index (χ4n) is 1.11. The van der Waals surface area contributed by atoms with Crippen LogP contribution in [0.5, 0.6) is 0 Å². The Labute approximate surface area is 109 Å². The molecule has 0 rings (SSSR count). The smallest absolute Gasteiger partial charge is 0.390 e. The molecule has 0 aliphatic heterocycles. The first-order valence-corrected chi connectivity index (χ1v) is 8.40. The summed E-state index contributed by atoms with van der Waals surface area (Å²) in [5.41, 5.74) is 0. The van der Waals surface area contributed by atoms with Crippen molar-refractivity contribution >= 4 is 20.4 Å². The molecule has 0 fully saturated rings. The SMILES string of the molecule is CCOCCO[Si](O)(CCCl)OCCOCC. The van der Waals surface area contributed by atoms with E-state index < -0.39 is 8.80 Å². The van der Waals surface area contributed by atoms with E-state index in [2.05, 4.69) is 0 Å². The van der Waals surface area contributed by atoms with Gasteiger partial charge in [-0.05, 0) is 13.8 Å². The lowest BCUT2D eigenvalue weighted by atomic mass is 10.8. The van der Waals surface area contributed by atoms with Crippen molar-refractivity contribution < 1.29 is 23.1 Å². The molecule has 0 amide bonds. The molecule has 5 nitrogen and oxygen atoms in total. The van der Waals surface area contributed by atoms with Crippen molar-refractivity contribution in [1.82, 2.24) is 0 Å². The zero-order valence-electron chi connectivity index (χ0n) is 10.6. The largest absolute Gasteiger partial charge is 0.499 e. The predicted octanol–water partition coefficient (Wildman–Crippen LogP) is 1.26. The van der Waals surface area contributed by atoms with E-state index in [1.165, 1.54) is 0 Å². The molecule has 0 atom stereocenters. The summed E-state index contributed by atoms with van der Waals surface area (Å²) in [6, 6.07) is 0.340. The van der Waals surface area contributed by atoms with E-state index in [1.807, 2.05) is 13.8 Å². The molecule has 0 aliphatic rings. The molecule has 0 spiro atoms. The van der Waals surface area contributed by atoms with E-state index >= 15 is 0 Å². The van der Waals surface area contributed by atoms with Crippen molar-refractivity contribution in [3.8, 4) is 0 Å². The first-order chi connectivity index (χ1) is 8.18. The van der Waals surface area contributed by atoms with Crippen LogP contribution in [-0.2, 0) is 18.3 Å². The maximum absolute atomic E-state index is 10.1. The first kappa shape index (κ1) is 17.3. The average Bonchev–Trinajstić information content (AvgIpc) is 2.31. The second-order valence-electron chi connectivity index (χ2n) is 3.24. The maximum Gasteiger partial charge on any atom is 0.499 e. The van der Waals surface area contributed by atoms with Gasteiger partial charge in [-0.1, -0.05) is 0 Å². The lowest BCUT2D eigenvalue weighted by Crippen LogP contribution is -2.44. The van der Waals surface area contributed by atoms with E-state index in [0.29, 0.717) is 51.6 Å². The Balaban J connectivity index is 3.80. The van der Waals surface area contributed by atoms with Gasteiger partial charge in [0.15, 0.2) is 0 Å². The van der Waals surface area contributed by atoms with Gasteiger partial charge in [0, 0.05) is 25.1 Å².